The molecule has 0 spiro atoms. The monoisotopic (exact) mass is 371 g/mol. The number of rotatable bonds is 5. The van der Waals surface area contributed by atoms with Gasteiger partial charge in [0.05, 0.1) is 11.6 Å². The van der Waals surface area contributed by atoms with E-state index in [1.165, 1.54) is 19.3 Å². The van der Waals surface area contributed by atoms with Crippen molar-refractivity contribution >= 4 is 5.78 Å². The second-order valence-electron chi connectivity index (χ2n) is 9.12. The van der Waals surface area contributed by atoms with Gasteiger partial charge in [-0.2, -0.15) is 5.26 Å². The minimum Gasteiger partial charge on any atom is -0.486 e. The van der Waals surface area contributed by atoms with Crippen molar-refractivity contribution in [1.82, 2.24) is 0 Å². The molecule has 0 atom stereocenters. The molecule has 4 fully saturated rings. The van der Waals surface area contributed by atoms with Gasteiger partial charge in [-0.1, -0.05) is 24.3 Å². The summed E-state index contributed by atoms with van der Waals surface area (Å²) in [5.74, 6) is 3.41. The standard InChI is InChI=1S/C25H25NO2/c26-15-17-1-3-21(4-2-17)22-5-7-23(8-6-22)28-16-24(27)25-12-18-9-19(13-25)11-20(10-18)14-25/h1-8,18-20H,9-14,16H2. The van der Waals surface area contributed by atoms with E-state index in [4.69, 9.17) is 10.00 Å². The SMILES string of the molecule is N#Cc1ccc(-c2ccc(OCC(=O)C34CC5CC(CC(C5)C3)C4)cc2)cc1. The molecular weight excluding hydrogens is 346 g/mol. The molecule has 0 aliphatic heterocycles. The fourth-order valence-electron chi connectivity index (χ4n) is 6.23. The summed E-state index contributed by atoms with van der Waals surface area (Å²) in [7, 11) is 0. The first-order valence-corrected chi connectivity index (χ1v) is 10.4. The highest BCUT2D eigenvalue weighted by Gasteiger charge is 2.54. The number of benzene rings is 2. The van der Waals surface area contributed by atoms with Gasteiger partial charge < -0.3 is 4.74 Å². The van der Waals surface area contributed by atoms with E-state index in [0.717, 1.165) is 53.9 Å². The molecule has 4 saturated carbocycles. The fraction of sp³-hybridized carbons (Fsp3) is 0.440. The average Bonchev–Trinajstić information content (AvgIpc) is 2.71. The van der Waals surface area contributed by atoms with Crippen molar-refractivity contribution in [2.24, 2.45) is 23.2 Å². The maximum Gasteiger partial charge on any atom is 0.176 e. The van der Waals surface area contributed by atoms with Gasteiger partial charge in [-0.05, 0) is 91.7 Å². The van der Waals surface area contributed by atoms with Crippen LogP contribution in [-0.2, 0) is 4.79 Å². The Hall–Kier alpha value is -2.60. The molecule has 4 bridgehead atoms. The minimum absolute atomic E-state index is 0.0861. The molecule has 28 heavy (non-hydrogen) atoms. The zero-order chi connectivity index (χ0) is 19.1. The summed E-state index contributed by atoms with van der Waals surface area (Å²) in [5, 5.41) is 8.91. The Labute approximate surface area is 166 Å². The Morgan fingerprint density at radius 2 is 1.39 bits per heavy atom. The second-order valence-corrected chi connectivity index (χ2v) is 9.12. The molecule has 4 aliphatic carbocycles. The van der Waals surface area contributed by atoms with Gasteiger partial charge in [0.15, 0.2) is 5.78 Å². The van der Waals surface area contributed by atoms with Crippen LogP contribution in [0.3, 0.4) is 0 Å². The van der Waals surface area contributed by atoms with Crippen LogP contribution in [-0.4, -0.2) is 12.4 Å². The van der Waals surface area contributed by atoms with Crippen LogP contribution in [0.1, 0.15) is 44.1 Å². The van der Waals surface area contributed by atoms with E-state index in [1.54, 1.807) is 0 Å². The van der Waals surface area contributed by atoms with Crippen molar-refractivity contribution in [3.05, 3.63) is 54.1 Å². The summed E-state index contributed by atoms with van der Waals surface area (Å²) >= 11 is 0. The van der Waals surface area contributed by atoms with Crippen LogP contribution in [0, 0.1) is 34.5 Å². The normalized spacial score (nSPS) is 30.0. The largest absolute Gasteiger partial charge is 0.486 e. The van der Waals surface area contributed by atoms with Gasteiger partial charge >= 0.3 is 0 Å². The van der Waals surface area contributed by atoms with E-state index in [9.17, 15) is 4.79 Å². The summed E-state index contributed by atoms with van der Waals surface area (Å²) in [6.07, 6.45) is 7.34. The van der Waals surface area contributed by atoms with Crippen LogP contribution >= 0.6 is 0 Å². The minimum atomic E-state index is -0.0861. The topological polar surface area (TPSA) is 50.1 Å². The Morgan fingerprint density at radius 3 is 1.89 bits per heavy atom. The van der Waals surface area contributed by atoms with Crippen molar-refractivity contribution in [3.8, 4) is 22.9 Å². The Morgan fingerprint density at radius 1 is 0.893 bits per heavy atom. The highest BCUT2D eigenvalue weighted by molar-refractivity contribution is 5.86. The third-order valence-electron chi connectivity index (χ3n) is 7.20. The second kappa shape index (κ2) is 6.78. The van der Waals surface area contributed by atoms with Crippen LogP contribution in [0.25, 0.3) is 11.1 Å². The number of nitrogens with zero attached hydrogens (tertiary/aromatic N) is 1. The molecule has 2 aromatic carbocycles. The molecule has 0 amide bonds. The molecule has 0 saturated heterocycles. The number of carbonyl (C=O) groups excluding carboxylic acids is 1. The van der Waals surface area contributed by atoms with E-state index < -0.39 is 0 Å². The lowest BCUT2D eigenvalue weighted by molar-refractivity contribution is -0.145. The first-order chi connectivity index (χ1) is 13.6. The zero-order valence-corrected chi connectivity index (χ0v) is 16.1. The number of carbonyl (C=O) groups is 1. The molecule has 0 unspecified atom stereocenters. The number of hydrogen-bond donors (Lipinski definition) is 0. The lowest BCUT2D eigenvalue weighted by Gasteiger charge is -2.55. The quantitative estimate of drug-likeness (QED) is 0.708. The molecule has 3 heteroatoms. The summed E-state index contributed by atoms with van der Waals surface area (Å²) in [6, 6.07) is 17.6. The summed E-state index contributed by atoms with van der Waals surface area (Å²) < 4.78 is 5.89. The van der Waals surface area contributed by atoms with Crippen molar-refractivity contribution in [2.45, 2.75) is 38.5 Å². The molecule has 142 valence electrons. The third-order valence-corrected chi connectivity index (χ3v) is 7.20. The van der Waals surface area contributed by atoms with Crippen molar-refractivity contribution in [3.63, 3.8) is 0 Å². The number of ether oxygens (including phenoxy) is 1. The Balaban J connectivity index is 1.23. The number of hydrogen-bond acceptors (Lipinski definition) is 3. The molecule has 4 aliphatic rings. The van der Waals surface area contributed by atoms with Crippen molar-refractivity contribution < 1.29 is 9.53 Å². The number of Topliss-reactive ketones (excluding diaryl/α,β-unsaturated/α-hetero) is 1. The maximum absolute atomic E-state index is 13.1. The fourth-order valence-corrected chi connectivity index (χ4v) is 6.23. The molecule has 0 heterocycles. The smallest absolute Gasteiger partial charge is 0.176 e. The van der Waals surface area contributed by atoms with Crippen molar-refractivity contribution in [2.75, 3.05) is 6.61 Å². The van der Waals surface area contributed by atoms with E-state index in [2.05, 4.69) is 6.07 Å². The molecule has 3 nitrogen and oxygen atoms in total. The van der Waals surface area contributed by atoms with Gasteiger partial charge in [0.1, 0.15) is 12.4 Å². The summed E-state index contributed by atoms with van der Waals surface area (Å²) in [6.45, 7) is 0.197. The molecule has 0 N–H and O–H groups in total. The van der Waals surface area contributed by atoms with Gasteiger partial charge in [0, 0.05) is 5.41 Å². The molecule has 0 aromatic heterocycles. The lowest BCUT2D eigenvalue weighted by atomic mass is 9.48. The van der Waals surface area contributed by atoms with Gasteiger partial charge in [-0.25, -0.2) is 0 Å². The van der Waals surface area contributed by atoms with Gasteiger partial charge in [-0.15, -0.1) is 0 Å². The Kier molecular flexibility index (Phi) is 4.23. The molecule has 2 aromatic rings. The zero-order valence-electron chi connectivity index (χ0n) is 16.1. The van der Waals surface area contributed by atoms with E-state index in [-0.39, 0.29) is 12.0 Å². The van der Waals surface area contributed by atoms with Crippen LogP contribution < -0.4 is 4.74 Å². The highest BCUT2D eigenvalue weighted by atomic mass is 16.5. The van der Waals surface area contributed by atoms with Crippen LogP contribution in [0.4, 0.5) is 0 Å². The predicted octanol–water partition coefficient (Wildman–Crippen LogP) is 5.39. The van der Waals surface area contributed by atoms with Crippen LogP contribution in [0.5, 0.6) is 5.75 Å². The lowest BCUT2D eigenvalue weighted by Crippen LogP contribution is -2.51. The van der Waals surface area contributed by atoms with E-state index in [1.807, 2.05) is 48.5 Å². The van der Waals surface area contributed by atoms with E-state index in [0.29, 0.717) is 11.3 Å². The van der Waals surface area contributed by atoms with Gasteiger partial charge in [0.25, 0.3) is 0 Å². The predicted molar refractivity (Wildman–Crippen MR) is 108 cm³/mol. The number of ketones is 1. The first-order valence-electron chi connectivity index (χ1n) is 10.4. The first kappa shape index (κ1) is 17.5. The molecule has 0 radical (unpaired) electrons. The van der Waals surface area contributed by atoms with E-state index >= 15 is 0 Å². The van der Waals surface area contributed by atoms with Crippen LogP contribution in [0.15, 0.2) is 48.5 Å². The third kappa shape index (κ3) is 3.11. The molecule has 6 rings (SSSR count). The summed E-state index contributed by atoms with van der Waals surface area (Å²) in [5.41, 5.74) is 2.71. The molecular formula is C25H25NO2. The Bertz CT molecular complexity index is 885. The maximum atomic E-state index is 13.1. The van der Waals surface area contributed by atoms with Gasteiger partial charge in [0.2, 0.25) is 0 Å². The van der Waals surface area contributed by atoms with Crippen molar-refractivity contribution in [1.29, 1.82) is 5.26 Å². The highest BCUT2D eigenvalue weighted by Crippen LogP contribution is 2.60. The average molecular weight is 371 g/mol. The number of nitriles is 1. The summed E-state index contributed by atoms with van der Waals surface area (Å²) in [4.78, 5) is 13.1. The van der Waals surface area contributed by atoms with Crippen LogP contribution in [0.2, 0.25) is 0 Å². The van der Waals surface area contributed by atoms with Gasteiger partial charge in [-0.3, -0.25) is 4.79 Å².